The largest absolute Gasteiger partial charge is 0.406 e. The van der Waals surface area contributed by atoms with Gasteiger partial charge in [-0.05, 0) is 30.3 Å². The molecule has 0 aliphatic rings. The fraction of sp³-hybridized carbons (Fsp3) is 0.286. The number of carbonyl (C=O) groups is 1. The zero-order valence-electron chi connectivity index (χ0n) is 13.3. The third kappa shape index (κ3) is 3.77. The van der Waals surface area contributed by atoms with Crippen LogP contribution in [0, 0.1) is 18.3 Å². The topological polar surface area (TPSA) is 114 Å². The van der Waals surface area contributed by atoms with Gasteiger partial charge in [0.2, 0.25) is 11.9 Å². The lowest BCUT2D eigenvalue weighted by Gasteiger charge is -2.12. The Bertz CT molecular complexity index is 1010. The van der Waals surface area contributed by atoms with Crippen molar-refractivity contribution in [2.45, 2.75) is 26.2 Å². The van der Waals surface area contributed by atoms with Gasteiger partial charge in [-0.15, -0.1) is 10.2 Å². The first-order valence-corrected chi connectivity index (χ1v) is 7.26. The van der Waals surface area contributed by atoms with Gasteiger partial charge in [-0.2, -0.15) is 23.2 Å². The van der Waals surface area contributed by atoms with Crippen molar-refractivity contribution in [3.05, 3.63) is 29.6 Å². The number of hydrogen-bond acceptors (Lipinski definition) is 6. The molecule has 1 aromatic carbocycles. The predicted molar refractivity (Wildman–Crippen MR) is 81.7 cm³/mol. The average molecular weight is 364 g/mol. The number of aromatic nitrogens is 6. The average Bonchev–Trinajstić information content (AvgIpc) is 3.09. The molecule has 2 aromatic heterocycles. The molecule has 1 amide bonds. The highest BCUT2D eigenvalue weighted by Crippen LogP contribution is 2.26. The summed E-state index contributed by atoms with van der Waals surface area (Å²) in [6, 6.07) is 5.99. The zero-order chi connectivity index (χ0) is 18.9. The van der Waals surface area contributed by atoms with Crippen LogP contribution < -0.4 is 5.32 Å². The molecule has 0 fully saturated rings. The Labute approximate surface area is 144 Å². The van der Waals surface area contributed by atoms with Crippen molar-refractivity contribution in [1.82, 2.24) is 29.8 Å². The molecule has 0 aliphatic heterocycles. The van der Waals surface area contributed by atoms with Crippen molar-refractivity contribution < 1.29 is 18.0 Å². The Morgan fingerprint density at radius 2 is 2.15 bits per heavy atom. The molecular weight excluding hydrogens is 353 g/mol. The van der Waals surface area contributed by atoms with E-state index >= 15 is 0 Å². The molecule has 0 unspecified atom stereocenters. The van der Waals surface area contributed by atoms with E-state index in [0.717, 1.165) is 9.36 Å². The van der Waals surface area contributed by atoms with Crippen LogP contribution >= 0.6 is 0 Å². The van der Waals surface area contributed by atoms with Crippen molar-refractivity contribution in [3.8, 4) is 6.07 Å². The van der Waals surface area contributed by atoms with Crippen LogP contribution in [0.4, 0.5) is 19.1 Å². The highest BCUT2D eigenvalue weighted by atomic mass is 19.4. The van der Waals surface area contributed by atoms with Crippen LogP contribution in [0.15, 0.2) is 18.2 Å². The van der Waals surface area contributed by atoms with Gasteiger partial charge in [-0.25, -0.2) is 4.98 Å². The monoisotopic (exact) mass is 364 g/mol. The van der Waals surface area contributed by atoms with E-state index in [1.165, 1.54) is 18.2 Å². The molecule has 3 rings (SSSR count). The minimum absolute atomic E-state index is 0.0893. The zero-order valence-corrected chi connectivity index (χ0v) is 13.3. The third-order valence-corrected chi connectivity index (χ3v) is 3.30. The van der Waals surface area contributed by atoms with Crippen LogP contribution in [0.1, 0.15) is 11.4 Å². The van der Waals surface area contributed by atoms with Gasteiger partial charge >= 0.3 is 6.18 Å². The Balaban J connectivity index is 1.94. The number of nitriles is 1. The standard InChI is InChI=1S/C14H11F3N8O/c1-8-21-23-25(22-8)6-12(26)20-13-19-10-3-2-9(5-18)4-11(10)24(13)7-14(15,16)17/h2-4H,6-7H2,1H3,(H,19,20,26). The van der Waals surface area contributed by atoms with Gasteiger partial charge in [-0.1, -0.05) is 0 Å². The molecule has 0 saturated carbocycles. The second-order valence-corrected chi connectivity index (χ2v) is 5.37. The number of alkyl halides is 3. The number of aryl methyl sites for hydroxylation is 1. The second-order valence-electron chi connectivity index (χ2n) is 5.37. The number of nitrogens with one attached hydrogen (secondary N) is 1. The third-order valence-electron chi connectivity index (χ3n) is 3.30. The van der Waals surface area contributed by atoms with Crippen molar-refractivity contribution in [1.29, 1.82) is 5.26 Å². The number of amides is 1. The van der Waals surface area contributed by atoms with Crippen LogP contribution in [-0.2, 0) is 17.9 Å². The van der Waals surface area contributed by atoms with Crippen LogP contribution in [0.2, 0.25) is 0 Å². The fourth-order valence-corrected chi connectivity index (χ4v) is 2.31. The molecule has 2 heterocycles. The molecule has 26 heavy (non-hydrogen) atoms. The van der Waals surface area contributed by atoms with Crippen LogP contribution in [0.5, 0.6) is 0 Å². The lowest BCUT2D eigenvalue weighted by molar-refractivity contribution is -0.139. The second kappa shape index (κ2) is 6.43. The smallest absolute Gasteiger partial charge is 0.301 e. The van der Waals surface area contributed by atoms with Gasteiger partial charge in [0, 0.05) is 0 Å². The number of halogens is 3. The van der Waals surface area contributed by atoms with Crippen LogP contribution in [0.3, 0.4) is 0 Å². The maximum Gasteiger partial charge on any atom is 0.406 e. The molecule has 0 bridgehead atoms. The minimum atomic E-state index is -4.54. The van der Waals surface area contributed by atoms with Gasteiger partial charge in [0.1, 0.15) is 13.1 Å². The lowest BCUT2D eigenvalue weighted by Crippen LogP contribution is -2.25. The number of imidazole rings is 1. The highest BCUT2D eigenvalue weighted by molar-refractivity contribution is 5.91. The van der Waals surface area contributed by atoms with E-state index in [9.17, 15) is 18.0 Å². The molecular formula is C14H11F3N8O. The number of benzene rings is 1. The first kappa shape index (κ1) is 17.3. The van der Waals surface area contributed by atoms with Gasteiger partial charge in [0.25, 0.3) is 0 Å². The number of tetrazole rings is 1. The Morgan fingerprint density at radius 3 is 2.77 bits per heavy atom. The quantitative estimate of drug-likeness (QED) is 0.748. The van der Waals surface area contributed by atoms with Crippen molar-refractivity contribution in [3.63, 3.8) is 0 Å². The number of fused-ring (bicyclic) bond motifs is 1. The molecule has 0 spiro atoms. The molecule has 0 saturated heterocycles. The maximum absolute atomic E-state index is 12.9. The number of rotatable bonds is 4. The summed E-state index contributed by atoms with van der Waals surface area (Å²) in [5.41, 5.74) is 0.491. The molecule has 9 nitrogen and oxygen atoms in total. The fourth-order valence-electron chi connectivity index (χ4n) is 2.31. The number of carbonyl (C=O) groups excluding carboxylic acids is 1. The SMILES string of the molecule is Cc1nnn(CC(=O)Nc2nc3ccc(C#N)cc3n2CC(F)(F)F)n1. The summed E-state index contributed by atoms with van der Waals surface area (Å²) in [7, 11) is 0. The van der Waals surface area contributed by atoms with E-state index in [0.29, 0.717) is 5.82 Å². The van der Waals surface area contributed by atoms with E-state index in [1.54, 1.807) is 6.92 Å². The highest BCUT2D eigenvalue weighted by Gasteiger charge is 2.31. The van der Waals surface area contributed by atoms with E-state index in [-0.39, 0.29) is 29.1 Å². The predicted octanol–water partition coefficient (Wildman–Crippen LogP) is 1.40. The summed E-state index contributed by atoms with van der Waals surface area (Å²) in [4.78, 5) is 17.1. The van der Waals surface area contributed by atoms with Crippen molar-refractivity contribution in [2.24, 2.45) is 0 Å². The first-order chi connectivity index (χ1) is 12.2. The molecule has 134 valence electrons. The van der Waals surface area contributed by atoms with E-state index in [1.807, 2.05) is 6.07 Å². The van der Waals surface area contributed by atoms with Gasteiger partial charge in [0.15, 0.2) is 5.82 Å². The summed E-state index contributed by atoms with van der Waals surface area (Å²) in [6.45, 7) is -0.120. The summed E-state index contributed by atoms with van der Waals surface area (Å²) in [6.07, 6.45) is -4.54. The number of nitrogens with zero attached hydrogens (tertiary/aromatic N) is 7. The van der Waals surface area contributed by atoms with E-state index in [2.05, 4.69) is 25.7 Å². The molecule has 3 aromatic rings. The molecule has 0 radical (unpaired) electrons. The van der Waals surface area contributed by atoms with E-state index < -0.39 is 18.6 Å². The Kier molecular flexibility index (Phi) is 4.29. The lowest BCUT2D eigenvalue weighted by atomic mass is 10.2. The minimum Gasteiger partial charge on any atom is -0.301 e. The van der Waals surface area contributed by atoms with Gasteiger partial charge < -0.3 is 4.57 Å². The molecule has 12 heteroatoms. The van der Waals surface area contributed by atoms with E-state index in [4.69, 9.17) is 5.26 Å². The Hall–Kier alpha value is -3.49. The first-order valence-electron chi connectivity index (χ1n) is 7.26. The summed E-state index contributed by atoms with van der Waals surface area (Å²) < 4.78 is 39.6. The van der Waals surface area contributed by atoms with Gasteiger partial charge in [0.05, 0.1) is 22.7 Å². The van der Waals surface area contributed by atoms with Crippen LogP contribution in [-0.4, -0.2) is 41.8 Å². The molecule has 1 N–H and O–H groups in total. The molecule has 0 aliphatic carbocycles. The Morgan fingerprint density at radius 1 is 1.38 bits per heavy atom. The summed E-state index contributed by atoms with van der Waals surface area (Å²) >= 11 is 0. The number of hydrogen-bond donors (Lipinski definition) is 1. The summed E-state index contributed by atoms with van der Waals surface area (Å²) in [5.74, 6) is -0.595. The summed E-state index contributed by atoms with van der Waals surface area (Å²) in [5, 5.41) is 22.3. The normalized spacial score (nSPS) is 11.5. The van der Waals surface area contributed by atoms with Crippen LogP contribution in [0.25, 0.3) is 11.0 Å². The molecule has 0 atom stereocenters. The van der Waals surface area contributed by atoms with Gasteiger partial charge in [-0.3, -0.25) is 10.1 Å². The number of anilines is 1. The van der Waals surface area contributed by atoms with Crippen molar-refractivity contribution in [2.75, 3.05) is 5.32 Å². The van der Waals surface area contributed by atoms with Crippen molar-refractivity contribution >= 4 is 22.9 Å². The maximum atomic E-state index is 12.9.